The second kappa shape index (κ2) is 4.86. The minimum Gasteiger partial charge on any atom is -0.459 e. The Kier molecular flexibility index (Phi) is 3.52. The number of carbonyl (C=O) groups excluding carboxylic acids is 2. The summed E-state index contributed by atoms with van der Waals surface area (Å²) >= 11 is 0. The second-order valence-electron chi connectivity index (χ2n) is 2.45. The number of ether oxygens (including phenoxy) is 1. The number of methoxy groups -OCH3 is 1. The SMILES string of the molecule is COC(=O)C#Cc1cc(C=O)c(F)cn1. The van der Waals surface area contributed by atoms with Gasteiger partial charge in [-0.15, -0.1) is 0 Å². The third kappa shape index (κ3) is 2.88. The zero-order chi connectivity index (χ0) is 11.3. The van der Waals surface area contributed by atoms with Gasteiger partial charge in [0.1, 0.15) is 5.69 Å². The Morgan fingerprint density at radius 2 is 2.40 bits per heavy atom. The number of rotatable bonds is 1. The van der Waals surface area contributed by atoms with Crippen molar-refractivity contribution in [1.82, 2.24) is 4.98 Å². The number of pyridine rings is 1. The zero-order valence-corrected chi connectivity index (χ0v) is 7.78. The van der Waals surface area contributed by atoms with Crippen LogP contribution in [-0.4, -0.2) is 24.3 Å². The minimum atomic E-state index is -0.728. The maximum absolute atomic E-state index is 12.8. The molecule has 0 atom stereocenters. The summed E-state index contributed by atoms with van der Waals surface area (Å²) in [6.45, 7) is 0. The molecule has 0 aliphatic heterocycles. The molecule has 1 heterocycles. The van der Waals surface area contributed by atoms with E-state index in [2.05, 4.69) is 21.6 Å². The standard InChI is InChI=1S/C10H6FNO3/c1-15-10(14)3-2-8-4-7(6-13)9(11)5-12-8/h4-6H,1H3. The number of nitrogens with zero attached hydrogens (tertiary/aromatic N) is 1. The van der Waals surface area contributed by atoms with Crippen molar-refractivity contribution < 1.29 is 18.7 Å². The van der Waals surface area contributed by atoms with Gasteiger partial charge in [0.05, 0.1) is 18.9 Å². The number of esters is 1. The van der Waals surface area contributed by atoms with Crippen LogP contribution in [-0.2, 0) is 9.53 Å². The summed E-state index contributed by atoms with van der Waals surface area (Å²) in [4.78, 5) is 24.6. The fourth-order valence-corrected chi connectivity index (χ4v) is 0.779. The third-order valence-electron chi connectivity index (χ3n) is 1.49. The number of hydrogen-bond donors (Lipinski definition) is 0. The molecule has 0 aliphatic rings. The molecular weight excluding hydrogens is 201 g/mol. The van der Waals surface area contributed by atoms with Crippen molar-refractivity contribution in [3.63, 3.8) is 0 Å². The molecule has 1 aromatic rings. The normalized spacial score (nSPS) is 8.67. The Bertz CT molecular complexity index is 459. The average Bonchev–Trinajstić information content (AvgIpc) is 2.27. The first-order chi connectivity index (χ1) is 7.17. The van der Waals surface area contributed by atoms with Gasteiger partial charge in [0.2, 0.25) is 0 Å². The highest BCUT2D eigenvalue weighted by molar-refractivity contribution is 5.89. The van der Waals surface area contributed by atoms with E-state index in [1.807, 2.05) is 0 Å². The maximum Gasteiger partial charge on any atom is 0.384 e. The van der Waals surface area contributed by atoms with Crippen LogP contribution in [0.5, 0.6) is 0 Å². The van der Waals surface area contributed by atoms with Crippen LogP contribution in [0.1, 0.15) is 16.1 Å². The fraction of sp³-hybridized carbons (Fsp3) is 0.100. The summed E-state index contributed by atoms with van der Waals surface area (Å²) in [7, 11) is 1.19. The van der Waals surface area contributed by atoms with E-state index >= 15 is 0 Å². The van der Waals surface area contributed by atoms with E-state index in [1.165, 1.54) is 7.11 Å². The van der Waals surface area contributed by atoms with Crippen molar-refractivity contribution in [2.24, 2.45) is 0 Å². The van der Waals surface area contributed by atoms with E-state index in [-0.39, 0.29) is 11.3 Å². The van der Waals surface area contributed by atoms with Gasteiger partial charge in [-0.2, -0.15) is 0 Å². The highest BCUT2D eigenvalue weighted by Gasteiger charge is 2.02. The van der Waals surface area contributed by atoms with Gasteiger partial charge in [0, 0.05) is 5.92 Å². The molecule has 5 heteroatoms. The zero-order valence-electron chi connectivity index (χ0n) is 7.78. The summed E-state index contributed by atoms with van der Waals surface area (Å²) in [5.41, 5.74) is -0.0249. The van der Waals surface area contributed by atoms with E-state index in [9.17, 15) is 14.0 Å². The molecule has 1 aromatic heterocycles. The highest BCUT2D eigenvalue weighted by atomic mass is 19.1. The molecule has 0 spiro atoms. The van der Waals surface area contributed by atoms with Crippen LogP contribution in [0.15, 0.2) is 12.3 Å². The lowest BCUT2D eigenvalue weighted by Gasteiger charge is -1.93. The Labute approximate surface area is 85.1 Å². The summed E-state index contributed by atoms with van der Waals surface area (Å²) in [6, 6.07) is 1.15. The van der Waals surface area contributed by atoms with Crippen LogP contribution >= 0.6 is 0 Å². The lowest BCUT2D eigenvalue weighted by atomic mass is 10.2. The predicted octanol–water partition coefficient (Wildman–Crippen LogP) is 0.558. The molecule has 0 fully saturated rings. The lowest BCUT2D eigenvalue weighted by molar-refractivity contribution is -0.133. The molecular formula is C10H6FNO3. The second-order valence-corrected chi connectivity index (χ2v) is 2.45. The van der Waals surface area contributed by atoms with Crippen molar-refractivity contribution in [3.8, 4) is 11.8 Å². The smallest absolute Gasteiger partial charge is 0.384 e. The molecule has 0 bridgehead atoms. The van der Waals surface area contributed by atoms with Crippen LogP contribution < -0.4 is 0 Å². The van der Waals surface area contributed by atoms with Crippen molar-refractivity contribution in [3.05, 3.63) is 29.3 Å². The molecule has 1 rings (SSSR count). The topological polar surface area (TPSA) is 56.3 Å². The molecule has 0 amide bonds. The van der Waals surface area contributed by atoms with E-state index in [0.29, 0.717) is 6.29 Å². The van der Waals surface area contributed by atoms with E-state index < -0.39 is 11.8 Å². The lowest BCUT2D eigenvalue weighted by Crippen LogP contribution is -1.96. The summed E-state index contributed by atoms with van der Waals surface area (Å²) < 4.78 is 17.1. The van der Waals surface area contributed by atoms with Crippen molar-refractivity contribution in [1.29, 1.82) is 0 Å². The molecule has 0 saturated carbocycles. The quantitative estimate of drug-likeness (QED) is 0.383. The molecule has 0 saturated heterocycles. The molecule has 0 aromatic carbocycles. The summed E-state index contributed by atoms with van der Waals surface area (Å²) in [5, 5.41) is 0. The van der Waals surface area contributed by atoms with Gasteiger partial charge in [-0.1, -0.05) is 0 Å². The van der Waals surface area contributed by atoms with Gasteiger partial charge in [-0.25, -0.2) is 14.2 Å². The maximum atomic E-state index is 12.8. The van der Waals surface area contributed by atoms with Gasteiger partial charge >= 0.3 is 5.97 Å². The minimum absolute atomic E-state index is 0.129. The van der Waals surface area contributed by atoms with Crippen LogP contribution in [0.3, 0.4) is 0 Å². The number of halogens is 1. The Balaban J connectivity index is 3.00. The van der Waals surface area contributed by atoms with Crippen LogP contribution in [0.4, 0.5) is 4.39 Å². The third-order valence-corrected chi connectivity index (χ3v) is 1.49. The fourth-order valence-electron chi connectivity index (χ4n) is 0.779. The van der Waals surface area contributed by atoms with E-state index in [1.54, 1.807) is 0 Å². The summed E-state index contributed by atoms with van der Waals surface area (Å²) in [6.07, 6.45) is 1.21. The summed E-state index contributed by atoms with van der Waals surface area (Å²) in [5.74, 6) is 2.99. The van der Waals surface area contributed by atoms with Crippen LogP contribution in [0.25, 0.3) is 0 Å². The molecule has 4 nitrogen and oxygen atoms in total. The van der Waals surface area contributed by atoms with Gasteiger partial charge in [-0.05, 0) is 12.0 Å². The first-order valence-corrected chi connectivity index (χ1v) is 3.88. The predicted molar refractivity (Wildman–Crippen MR) is 48.5 cm³/mol. The van der Waals surface area contributed by atoms with Crippen LogP contribution in [0.2, 0.25) is 0 Å². The van der Waals surface area contributed by atoms with E-state index in [4.69, 9.17) is 0 Å². The van der Waals surface area contributed by atoms with Gasteiger partial charge < -0.3 is 4.74 Å². The number of hydrogen-bond acceptors (Lipinski definition) is 4. The van der Waals surface area contributed by atoms with Crippen molar-refractivity contribution in [2.45, 2.75) is 0 Å². The molecule has 15 heavy (non-hydrogen) atoms. The largest absolute Gasteiger partial charge is 0.459 e. The molecule has 0 unspecified atom stereocenters. The Morgan fingerprint density at radius 3 is 3.00 bits per heavy atom. The molecule has 0 N–H and O–H groups in total. The average molecular weight is 207 g/mol. The number of carbonyl (C=O) groups is 2. The number of aldehydes is 1. The highest BCUT2D eigenvalue weighted by Crippen LogP contribution is 2.03. The molecule has 76 valence electrons. The van der Waals surface area contributed by atoms with Crippen molar-refractivity contribution >= 4 is 12.3 Å². The molecule has 0 aliphatic carbocycles. The monoisotopic (exact) mass is 207 g/mol. The Morgan fingerprint density at radius 1 is 1.67 bits per heavy atom. The molecule has 0 radical (unpaired) electrons. The van der Waals surface area contributed by atoms with E-state index in [0.717, 1.165) is 12.3 Å². The first-order valence-electron chi connectivity index (χ1n) is 3.88. The Hall–Kier alpha value is -2.22. The van der Waals surface area contributed by atoms with Gasteiger partial charge in [0.15, 0.2) is 12.1 Å². The van der Waals surface area contributed by atoms with Gasteiger partial charge in [-0.3, -0.25) is 4.79 Å². The van der Waals surface area contributed by atoms with Crippen LogP contribution in [0, 0.1) is 17.7 Å². The van der Waals surface area contributed by atoms with Gasteiger partial charge in [0.25, 0.3) is 0 Å². The number of aromatic nitrogens is 1. The first kappa shape index (κ1) is 10.9. The van der Waals surface area contributed by atoms with Crippen molar-refractivity contribution in [2.75, 3.05) is 7.11 Å².